The van der Waals surface area contributed by atoms with E-state index in [0.717, 1.165) is 13.0 Å². The van der Waals surface area contributed by atoms with E-state index in [9.17, 15) is 8.78 Å². The van der Waals surface area contributed by atoms with Gasteiger partial charge in [0.1, 0.15) is 0 Å². The maximum atomic E-state index is 12.5. The highest BCUT2D eigenvalue weighted by Crippen LogP contribution is 2.35. The molecule has 0 saturated heterocycles. The lowest BCUT2D eigenvalue weighted by atomic mass is 10.2. The van der Waals surface area contributed by atoms with Gasteiger partial charge in [-0.2, -0.15) is 0 Å². The molecule has 74 valence electrons. The molecular weight excluding hydrogens is 341 g/mol. The number of alkyl halides is 2. The number of hydrogen-bond donors (Lipinski definition) is 0. The Bertz CT molecular complexity index is 481. The van der Waals surface area contributed by atoms with Gasteiger partial charge in [-0.05, 0) is 46.2 Å². The number of benzene rings is 1. The van der Waals surface area contributed by atoms with Gasteiger partial charge in [-0.15, -0.1) is 11.3 Å². The van der Waals surface area contributed by atoms with E-state index in [0.29, 0.717) is 0 Å². The Morgan fingerprint density at radius 2 is 2.00 bits per heavy atom. The van der Waals surface area contributed by atoms with Gasteiger partial charge in [0.05, 0.1) is 7.91 Å². The van der Waals surface area contributed by atoms with Crippen molar-refractivity contribution in [1.82, 2.24) is 0 Å². The first-order valence-corrected chi connectivity index (χ1v) is 6.02. The molecule has 0 aliphatic heterocycles. The van der Waals surface area contributed by atoms with Gasteiger partial charge in [0.25, 0.3) is 6.43 Å². The van der Waals surface area contributed by atoms with Gasteiger partial charge in [0.2, 0.25) is 0 Å². The van der Waals surface area contributed by atoms with Gasteiger partial charge in [0.15, 0.2) is 0 Å². The summed E-state index contributed by atoms with van der Waals surface area (Å²) in [5.41, 5.74) is -0.0857. The average Bonchev–Trinajstić information content (AvgIpc) is 2.42. The quantitative estimate of drug-likeness (QED) is 0.632. The highest BCUT2D eigenvalue weighted by molar-refractivity contribution is 14.1. The van der Waals surface area contributed by atoms with Crippen LogP contribution >= 0.6 is 45.5 Å². The molecule has 0 N–H and O–H groups in total. The first-order chi connectivity index (χ1) is 6.58. The predicted octanol–water partition coefficient (Wildman–Crippen LogP) is 5.10. The van der Waals surface area contributed by atoms with Crippen LogP contribution in [0.2, 0.25) is 5.02 Å². The Balaban J connectivity index is 2.70. The minimum Gasteiger partial charge on any atom is -0.205 e. The molecule has 0 amide bonds. The van der Waals surface area contributed by atoms with Gasteiger partial charge < -0.3 is 0 Å². The zero-order valence-electron chi connectivity index (χ0n) is 6.73. The van der Waals surface area contributed by atoms with Gasteiger partial charge in [-0.25, -0.2) is 8.78 Å². The zero-order chi connectivity index (χ0) is 10.3. The van der Waals surface area contributed by atoms with Gasteiger partial charge in [-0.1, -0.05) is 11.6 Å². The Labute approximate surface area is 102 Å². The lowest BCUT2D eigenvalue weighted by Gasteiger charge is -2.02. The monoisotopic (exact) mass is 344 g/mol. The molecule has 0 aliphatic carbocycles. The molecule has 2 aromatic rings. The summed E-state index contributed by atoms with van der Waals surface area (Å²) in [5.74, 6) is 0. The number of halogens is 4. The van der Waals surface area contributed by atoms with Crippen molar-refractivity contribution in [3.05, 3.63) is 31.7 Å². The van der Waals surface area contributed by atoms with Crippen LogP contribution in [0, 0.1) is 2.88 Å². The number of thiophene rings is 1. The third-order valence-corrected chi connectivity index (χ3v) is 4.03. The van der Waals surface area contributed by atoms with Crippen LogP contribution in [0.4, 0.5) is 8.78 Å². The summed E-state index contributed by atoms with van der Waals surface area (Å²) < 4.78 is 26.9. The predicted molar refractivity (Wildman–Crippen MR) is 64.5 cm³/mol. The van der Waals surface area contributed by atoms with Crippen LogP contribution in [0.1, 0.15) is 12.0 Å². The second-order valence-electron chi connectivity index (χ2n) is 2.76. The van der Waals surface area contributed by atoms with Crippen LogP contribution in [0.3, 0.4) is 0 Å². The smallest absolute Gasteiger partial charge is 0.205 e. The van der Waals surface area contributed by atoms with E-state index in [-0.39, 0.29) is 10.6 Å². The molecule has 0 fully saturated rings. The van der Waals surface area contributed by atoms with Crippen molar-refractivity contribution in [3.63, 3.8) is 0 Å². The average molecular weight is 345 g/mol. The summed E-state index contributed by atoms with van der Waals surface area (Å²) >= 11 is 9.38. The fraction of sp³-hybridized carbons (Fsp3) is 0.111. The Morgan fingerprint density at radius 1 is 1.29 bits per heavy atom. The van der Waals surface area contributed by atoms with Crippen molar-refractivity contribution in [1.29, 1.82) is 0 Å². The van der Waals surface area contributed by atoms with Crippen molar-refractivity contribution in [3.8, 4) is 0 Å². The maximum Gasteiger partial charge on any atom is 0.265 e. The molecule has 0 atom stereocenters. The fourth-order valence-corrected chi connectivity index (χ4v) is 3.33. The van der Waals surface area contributed by atoms with Crippen LogP contribution < -0.4 is 0 Å². The molecule has 1 aromatic heterocycles. The van der Waals surface area contributed by atoms with Gasteiger partial charge >= 0.3 is 0 Å². The van der Waals surface area contributed by atoms with E-state index < -0.39 is 6.43 Å². The molecule has 0 nitrogen and oxygen atoms in total. The van der Waals surface area contributed by atoms with E-state index >= 15 is 0 Å². The second kappa shape index (κ2) is 3.90. The molecule has 14 heavy (non-hydrogen) atoms. The third kappa shape index (κ3) is 1.87. The number of rotatable bonds is 1. The van der Waals surface area contributed by atoms with Gasteiger partial charge in [-0.3, -0.25) is 0 Å². The lowest BCUT2D eigenvalue weighted by Crippen LogP contribution is -1.84. The number of fused-ring (bicyclic) bond motifs is 1. The molecule has 0 spiro atoms. The SMILES string of the molecule is FC(F)c1cc2sc(I)cc2cc1Cl. The maximum absolute atomic E-state index is 12.5. The highest BCUT2D eigenvalue weighted by Gasteiger charge is 2.13. The summed E-state index contributed by atoms with van der Waals surface area (Å²) in [6.07, 6.45) is -2.51. The Hall–Kier alpha value is 0.0600. The van der Waals surface area contributed by atoms with Crippen LogP contribution in [-0.4, -0.2) is 0 Å². The minimum atomic E-state index is -2.51. The van der Waals surface area contributed by atoms with Crippen molar-refractivity contribution in [2.24, 2.45) is 0 Å². The number of hydrogen-bond acceptors (Lipinski definition) is 1. The summed E-state index contributed by atoms with van der Waals surface area (Å²) in [5, 5.41) is 1.07. The fourth-order valence-electron chi connectivity index (χ4n) is 1.21. The van der Waals surface area contributed by atoms with Gasteiger partial charge in [0, 0.05) is 10.3 Å². The van der Waals surface area contributed by atoms with Crippen LogP contribution in [0.25, 0.3) is 10.1 Å². The summed E-state index contributed by atoms with van der Waals surface area (Å²) in [6.45, 7) is 0. The highest BCUT2D eigenvalue weighted by atomic mass is 127. The molecule has 0 unspecified atom stereocenters. The molecule has 5 heteroatoms. The molecule has 0 bridgehead atoms. The van der Waals surface area contributed by atoms with Crippen molar-refractivity contribution in [2.45, 2.75) is 6.43 Å². The van der Waals surface area contributed by atoms with E-state index in [4.69, 9.17) is 11.6 Å². The summed E-state index contributed by atoms with van der Waals surface area (Å²) in [6, 6.07) is 4.99. The molecule has 1 aromatic carbocycles. The first kappa shape index (κ1) is 10.6. The molecule has 0 radical (unpaired) electrons. The molecular formula is C9H4ClF2IS. The Kier molecular flexibility index (Phi) is 2.95. The zero-order valence-corrected chi connectivity index (χ0v) is 10.5. The second-order valence-corrected chi connectivity index (χ2v) is 6.15. The molecule has 0 saturated carbocycles. The topological polar surface area (TPSA) is 0 Å². The molecule has 1 heterocycles. The standard InChI is InChI=1S/C9H4ClF2IS/c10-6-1-4-2-8(13)14-7(4)3-5(6)9(11)12/h1-3,9H. The summed E-state index contributed by atoms with van der Waals surface area (Å²) in [7, 11) is 0. The molecule has 0 aliphatic rings. The normalized spacial score (nSPS) is 11.5. The van der Waals surface area contributed by atoms with E-state index in [1.807, 2.05) is 6.07 Å². The molecule has 2 rings (SSSR count). The van der Waals surface area contributed by atoms with E-state index in [2.05, 4.69) is 22.6 Å². The van der Waals surface area contributed by atoms with Crippen molar-refractivity contribution < 1.29 is 8.78 Å². The van der Waals surface area contributed by atoms with Crippen LogP contribution in [0.15, 0.2) is 18.2 Å². The van der Waals surface area contributed by atoms with E-state index in [1.54, 1.807) is 6.07 Å². The first-order valence-electron chi connectivity index (χ1n) is 3.74. The Morgan fingerprint density at radius 3 is 2.64 bits per heavy atom. The third-order valence-electron chi connectivity index (χ3n) is 1.84. The van der Waals surface area contributed by atoms with Crippen molar-refractivity contribution in [2.75, 3.05) is 0 Å². The largest absolute Gasteiger partial charge is 0.265 e. The van der Waals surface area contributed by atoms with E-state index in [1.165, 1.54) is 17.4 Å². The van der Waals surface area contributed by atoms with Crippen molar-refractivity contribution >= 4 is 55.6 Å². The minimum absolute atomic E-state index is 0.0857. The summed E-state index contributed by atoms with van der Waals surface area (Å²) in [4.78, 5) is 0. The lowest BCUT2D eigenvalue weighted by molar-refractivity contribution is 0.151. The van der Waals surface area contributed by atoms with Crippen LogP contribution in [0.5, 0.6) is 0 Å². The van der Waals surface area contributed by atoms with Crippen LogP contribution in [-0.2, 0) is 0 Å².